The van der Waals surface area contributed by atoms with Gasteiger partial charge in [0.05, 0.1) is 6.20 Å². The Bertz CT molecular complexity index is 701. The number of aromatic nitrogens is 1. The van der Waals surface area contributed by atoms with Crippen molar-refractivity contribution in [1.82, 2.24) is 4.98 Å². The summed E-state index contributed by atoms with van der Waals surface area (Å²) in [6.45, 7) is 0. The van der Waals surface area contributed by atoms with Crippen molar-refractivity contribution in [3.8, 4) is 23.2 Å². The minimum absolute atomic E-state index is 0.766. The lowest BCUT2D eigenvalue weighted by atomic mass is 10.1. The SMILES string of the molecule is C(#Cc1ccc(-c2cnco2)cc1)c1ccccc1. The standard InChI is InChI=1S/C17H11NO/c1-2-4-14(5-3-1)6-7-15-8-10-16(11-9-15)17-12-18-13-19-17/h1-5,8-13H. The first kappa shape index (κ1) is 11.3. The van der Waals surface area contributed by atoms with Crippen molar-refractivity contribution in [2.75, 3.05) is 0 Å². The summed E-state index contributed by atoms with van der Waals surface area (Å²) in [5.41, 5.74) is 3.00. The Morgan fingerprint density at radius 3 is 2.11 bits per heavy atom. The predicted octanol–water partition coefficient (Wildman–Crippen LogP) is 3.74. The summed E-state index contributed by atoms with van der Waals surface area (Å²) in [4.78, 5) is 3.90. The smallest absolute Gasteiger partial charge is 0.181 e. The summed E-state index contributed by atoms with van der Waals surface area (Å²) in [5.74, 6) is 7.03. The van der Waals surface area contributed by atoms with Crippen LogP contribution in [0.2, 0.25) is 0 Å². The van der Waals surface area contributed by atoms with E-state index in [-0.39, 0.29) is 0 Å². The summed E-state index contributed by atoms with van der Waals surface area (Å²) in [7, 11) is 0. The maximum absolute atomic E-state index is 5.24. The summed E-state index contributed by atoms with van der Waals surface area (Å²) < 4.78 is 5.24. The zero-order valence-corrected chi connectivity index (χ0v) is 10.2. The molecule has 2 nitrogen and oxygen atoms in total. The van der Waals surface area contributed by atoms with Gasteiger partial charge in [0.2, 0.25) is 0 Å². The van der Waals surface area contributed by atoms with E-state index in [1.54, 1.807) is 6.20 Å². The Morgan fingerprint density at radius 2 is 1.47 bits per heavy atom. The van der Waals surface area contributed by atoms with E-state index in [0.717, 1.165) is 22.5 Å². The number of hydrogen-bond donors (Lipinski definition) is 0. The maximum Gasteiger partial charge on any atom is 0.181 e. The van der Waals surface area contributed by atoms with E-state index >= 15 is 0 Å². The van der Waals surface area contributed by atoms with Gasteiger partial charge in [-0.3, -0.25) is 0 Å². The van der Waals surface area contributed by atoms with Gasteiger partial charge in [-0.25, -0.2) is 4.98 Å². The second-order valence-corrected chi connectivity index (χ2v) is 4.06. The molecule has 2 heteroatoms. The third-order valence-electron chi connectivity index (χ3n) is 2.73. The topological polar surface area (TPSA) is 26.0 Å². The molecule has 0 unspecified atom stereocenters. The average molecular weight is 245 g/mol. The predicted molar refractivity (Wildman–Crippen MR) is 74.4 cm³/mol. The lowest BCUT2D eigenvalue weighted by molar-refractivity contribution is 0.572. The van der Waals surface area contributed by atoms with Gasteiger partial charge in [0, 0.05) is 16.7 Å². The van der Waals surface area contributed by atoms with Crippen LogP contribution >= 0.6 is 0 Å². The molecule has 3 rings (SSSR count). The summed E-state index contributed by atoms with van der Waals surface area (Å²) in [6.07, 6.45) is 3.13. The van der Waals surface area contributed by atoms with E-state index in [9.17, 15) is 0 Å². The van der Waals surface area contributed by atoms with Crippen molar-refractivity contribution < 1.29 is 4.42 Å². The van der Waals surface area contributed by atoms with E-state index in [0.29, 0.717) is 0 Å². The first-order valence-electron chi connectivity index (χ1n) is 5.98. The molecule has 0 amide bonds. The van der Waals surface area contributed by atoms with E-state index in [2.05, 4.69) is 16.8 Å². The Morgan fingerprint density at radius 1 is 0.789 bits per heavy atom. The second-order valence-electron chi connectivity index (χ2n) is 4.06. The molecular formula is C17H11NO. The minimum atomic E-state index is 0.766. The number of rotatable bonds is 1. The third kappa shape index (κ3) is 2.72. The monoisotopic (exact) mass is 245 g/mol. The van der Waals surface area contributed by atoms with Crippen molar-refractivity contribution in [2.45, 2.75) is 0 Å². The van der Waals surface area contributed by atoms with Gasteiger partial charge in [-0.2, -0.15) is 0 Å². The molecule has 0 aliphatic heterocycles. The average Bonchev–Trinajstić information content (AvgIpc) is 3.01. The molecule has 0 fully saturated rings. The molecule has 2 aromatic carbocycles. The summed E-state index contributed by atoms with van der Waals surface area (Å²) in [5, 5.41) is 0. The van der Waals surface area contributed by atoms with Crippen LogP contribution in [0.4, 0.5) is 0 Å². The quantitative estimate of drug-likeness (QED) is 0.610. The van der Waals surface area contributed by atoms with Gasteiger partial charge in [-0.05, 0) is 36.4 Å². The molecule has 0 radical (unpaired) electrons. The van der Waals surface area contributed by atoms with Gasteiger partial charge < -0.3 is 4.42 Å². The van der Waals surface area contributed by atoms with Crippen molar-refractivity contribution in [2.24, 2.45) is 0 Å². The molecule has 1 heterocycles. The molecule has 3 aromatic rings. The van der Waals surface area contributed by atoms with E-state index in [1.165, 1.54) is 6.39 Å². The first-order valence-corrected chi connectivity index (χ1v) is 5.98. The van der Waals surface area contributed by atoms with Gasteiger partial charge in [0.15, 0.2) is 12.2 Å². The molecule has 0 aliphatic rings. The molecule has 0 saturated carbocycles. The molecule has 0 N–H and O–H groups in total. The van der Waals surface area contributed by atoms with Gasteiger partial charge in [-0.1, -0.05) is 30.0 Å². The first-order chi connectivity index (χ1) is 9.42. The van der Waals surface area contributed by atoms with E-state index < -0.39 is 0 Å². The summed E-state index contributed by atoms with van der Waals surface area (Å²) in [6, 6.07) is 17.9. The number of nitrogens with zero attached hydrogens (tertiary/aromatic N) is 1. The fourth-order valence-corrected chi connectivity index (χ4v) is 1.74. The van der Waals surface area contributed by atoms with Gasteiger partial charge in [0.1, 0.15) is 0 Å². The number of hydrogen-bond acceptors (Lipinski definition) is 2. The lowest BCUT2D eigenvalue weighted by Gasteiger charge is -1.95. The van der Waals surface area contributed by atoms with Crippen LogP contribution in [0, 0.1) is 11.8 Å². The molecule has 0 spiro atoms. The van der Waals surface area contributed by atoms with Crippen LogP contribution in [0.5, 0.6) is 0 Å². The highest BCUT2D eigenvalue weighted by atomic mass is 16.3. The van der Waals surface area contributed by atoms with E-state index in [4.69, 9.17) is 4.42 Å². The second kappa shape index (κ2) is 5.24. The largest absolute Gasteiger partial charge is 0.444 e. The fourth-order valence-electron chi connectivity index (χ4n) is 1.74. The molecule has 19 heavy (non-hydrogen) atoms. The van der Waals surface area contributed by atoms with Crippen molar-refractivity contribution in [1.29, 1.82) is 0 Å². The van der Waals surface area contributed by atoms with Crippen LogP contribution < -0.4 is 0 Å². The molecule has 90 valence electrons. The third-order valence-corrected chi connectivity index (χ3v) is 2.73. The highest BCUT2D eigenvalue weighted by Gasteiger charge is 1.99. The Hall–Kier alpha value is -2.79. The number of oxazole rings is 1. The molecule has 0 bridgehead atoms. The van der Waals surface area contributed by atoms with Crippen LogP contribution in [0.1, 0.15) is 11.1 Å². The van der Waals surface area contributed by atoms with Crippen molar-refractivity contribution in [3.63, 3.8) is 0 Å². The van der Waals surface area contributed by atoms with Crippen LogP contribution in [0.15, 0.2) is 71.6 Å². The lowest BCUT2D eigenvalue weighted by Crippen LogP contribution is -1.77. The Kier molecular flexibility index (Phi) is 3.12. The summed E-state index contributed by atoms with van der Waals surface area (Å²) >= 11 is 0. The Balaban J connectivity index is 1.82. The normalized spacial score (nSPS) is 9.68. The van der Waals surface area contributed by atoms with Crippen LogP contribution in [0.25, 0.3) is 11.3 Å². The molecule has 0 atom stereocenters. The maximum atomic E-state index is 5.24. The molecule has 0 saturated heterocycles. The van der Waals surface area contributed by atoms with Crippen LogP contribution in [-0.4, -0.2) is 4.98 Å². The fraction of sp³-hybridized carbons (Fsp3) is 0. The van der Waals surface area contributed by atoms with Crippen LogP contribution in [0.3, 0.4) is 0 Å². The highest BCUT2D eigenvalue weighted by molar-refractivity contribution is 5.58. The minimum Gasteiger partial charge on any atom is -0.444 e. The van der Waals surface area contributed by atoms with Crippen molar-refractivity contribution in [3.05, 3.63) is 78.3 Å². The van der Waals surface area contributed by atoms with E-state index in [1.807, 2.05) is 54.6 Å². The zero-order chi connectivity index (χ0) is 12.9. The highest BCUT2D eigenvalue weighted by Crippen LogP contribution is 2.18. The molecular weight excluding hydrogens is 234 g/mol. The Labute approximate surface area is 111 Å². The van der Waals surface area contributed by atoms with Crippen molar-refractivity contribution >= 4 is 0 Å². The molecule has 1 aromatic heterocycles. The number of benzene rings is 2. The van der Waals surface area contributed by atoms with Gasteiger partial charge in [-0.15, -0.1) is 0 Å². The van der Waals surface area contributed by atoms with Gasteiger partial charge >= 0.3 is 0 Å². The zero-order valence-electron chi connectivity index (χ0n) is 10.2. The van der Waals surface area contributed by atoms with Crippen LogP contribution in [-0.2, 0) is 0 Å². The van der Waals surface area contributed by atoms with Gasteiger partial charge in [0.25, 0.3) is 0 Å². The molecule has 0 aliphatic carbocycles.